The Hall–Kier alpha value is -3.68. The lowest BCUT2D eigenvalue weighted by molar-refractivity contribution is 0.0944. The lowest BCUT2D eigenvalue weighted by Crippen LogP contribution is -2.31. The third-order valence-corrected chi connectivity index (χ3v) is 7.88. The van der Waals surface area contributed by atoms with Crippen LogP contribution >= 0.6 is 0 Å². The molecule has 1 aromatic heterocycles. The summed E-state index contributed by atoms with van der Waals surface area (Å²) < 4.78 is 12.7. The van der Waals surface area contributed by atoms with Crippen molar-refractivity contribution in [2.45, 2.75) is 19.3 Å². The number of amides is 1. The predicted octanol–water partition coefficient (Wildman–Crippen LogP) is 3.68. The number of nitrogens with zero attached hydrogens (tertiary/aromatic N) is 4. The molecule has 0 saturated heterocycles. The molecule has 8 nitrogen and oxygen atoms in total. The molecule has 3 aromatic rings. The van der Waals surface area contributed by atoms with Gasteiger partial charge < -0.3 is 14.8 Å². The van der Waals surface area contributed by atoms with E-state index >= 15 is 0 Å². The fraction of sp³-hybridized carbons (Fsp3) is 0.385. The number of tetrazole rings is 1. The fourth-order valence-corrected chi connectivity index (χ4v) is 6.11. The molecule has 2 aromatic carbocycles. The van der Waals surface area contributed by atoms with Gasteiger partial charge >= 0.3 is 0 Å². The molecule has 3 aliphatic carbocycles. The normalized spacial score (nSPS) is 23.3. The Morgan fingerprint density at radius 3 is 2.76 bits per heavy atom. The molecule has 34 heavy (non-hydrogen) atoms. The van der Waals surface area contributed by atoms with Gasteiger partial charge in [0.15, 0.2) is 11.5 Å². The third kappa shape index (κ3) is 3.28. The van der Waals surface area contributed by atoms with Crippen molar-refractivity contribution >= 4 is 5.91 Å². The Labute approximate surface area is 198 Å². The summed E-state index contributed by atoms with van der Waals surface area (Å²) in [4.78, 5) is 13.3. The summed E-state index contributed by atoms with van der Waals surface area (Å²) in [7, 11) is 3.21. The van der Waals surface area contributed by atoms with Gasteiger partial charge in [0.1, 0.15) is 6.33 Å². The van der Waals surface area contributed by atoms with E-state index in [9.17, 15) is 4.79 Å². The lowest BCUT2D eigenvalue weighted by atomic mass is 9.89. The van der Waals surface area contributed by atoms with Gasteiger partial charge in [-0.15, -0.1) is 5.10 Å². The highest BCUT2D eigenvalue weighted by Gasteiger charge is 2.62. The molecule has 3 atom stereocenters. The van der Waals surface area contributed by atoms with Crippen LogP contribution in [0.4, 0.5) is 0 Å². The van der Waals surface area contributed by atoms with E-state index in [0.29, 0.717) is 52.5 Å². The van der Waals surface area contributed by atoms with Crippen LogP contribution in [0, 0.1) is 23.2 Å². The minimum atomic E-state index is -0.102. The number of hydrogen-bond acceptors (Lipinski definition) is 6. The highest BCUT2D eigenvalue weighted by atomic mass is 16.5. The highest BCUT2D eigenvalue weighted by Crippen LogP contribution is 2.69. The zero-order chi connectivity index (χ0) is 23.3. The van der Waals surface area contributed by atoms with Crippen molar-refractivity contribution in [3.8, 4) is 28.3 Å². The zero-order valence-electron chi connectivity index (χ0n) is 19.3. The van der Waals surface area contributed by atoms with E-state index in [1.807, 2.05) is 36.4 Å². The van der Waals surface area contributed by atoms with Gasteiger partial charge in [0, 0.05) is 17.7 Å². The van der Waals surface area contributed by atoms with Crippen LogP contribution in [-0.2, 0) is 0 Å². The molecular weight excluding hydrogens is 430 g/mol. The van der Waals surface area contributed by atoms with E-state index in [1.54, 1.807) is 18.9 Å². The molecule has 1 spiro atoms. The molecule has 1 heterocycles. The van der Waals surface area contributed by atoms with Gasteiger partial charge in [-0.3, -0.25) is 4.79 Å². The van der Waals surface area contributed by atoms with Crippen LogP contribution in [0.15, 0.2) is 54.9 Å². The second-order valence-electron chi connectivity index (χ2n) is 9.52. The first kappa shape index (κ1) is 20.9. The Morgan fingerprint density at radius 2 is 2.06 bits per heavy atom. The van der Waals surface area contributed by atoms with E-state index < -0.39 is 0 Å². The highest BCUT2D eigenvalue weighted by molar-refractivity contribution is 5.96. The average molecular weight is 458 g/mol. The van der Waals surface area contributed by atoms with E-state index in [0.717, 1.165) is 11.1 Å². The van der Waals surface area contributed by atoms with Crippen LogP contribution in [-0.4, -0.2) is 46.9 Å². The van der Waals surface area contributed by atoms with Crippen molar-refractivity contribution in [1.82, 2.24) is 25.5 Å². The maximum absolute atomic E-state index is 13.3. The molecule has 174 valence electrons. The molecule has 2 bridgehead atoms. The number of methoxy groups -OCH3 is 2. The molecule has 3 aliphatic rings. The molecule has 1 N–H and O–H groups in total. The van der Waals surface area contributed by atoms with Gasteiger partial charge in [-0.25, -0.2) is 4.68 Å². The minimum absolute atomic E-state index is 0.102. The summed E-state index contributed by atoms with van der Waals surface area (Å²) in [5, 5.41) is 14.7. The number of hydrogen-bond donors (Lipinski definition) is 1. The Morgan fingerprint density at radius 1 is 1.18 bits per heavy atom. The van der Waals surface area contributed by atoms with Crippen LogP contribution in [0.25, 0.3) is 16.8 Å². The molecule has 8 heteroatoms. The Balaban J connectivity index is 1.31. The van der Waals surface area contributed by atoms with Crippen LogP contribution in [0.2, 0.25) is 0 Å². The van der Waals surface area contributed by atoms with Gasteiger partial charge in [0.05, 0.1) is 19.9 Å². The summed E-state index contributed by atoms with van der Waals surface area (Å²) in [6.45, 7) is 0.693. The minimum Gasteiger partial charge on any atom is -0.493 e. The number of benzene rings is 2. The Kier molecular flexibility index (Phi) is 4.90. The van der Waals surface area contributed by atoms with E-state index in [-0.39, 0.29) is 5.91 Å². The molecule has 0 radical (unpaired) electrons. The van der Waals surface area contributed by atoms with Gasteiger partial charge in [-0.2, -0.15) is 0 Å². The molecule has 0 aliphatic heterocycles. The summed E-state index contributed by atoms with van der Waals surface area (Å²) in [6, 6.07) is 11.3. The molecule has 0 unspecified atom stereocenters. The monoisotopic (exact) mass is 457 g/mol. The van der Waals surface area contributed by atoms with Crippen molar-refractivity contribution in [3.05, 3.63) is 60.4 Å². The van der Waals surface area contributed by atoms with Crippen LogP contribution < -0.4 is 14.8 Å². The third-order valence-electron chi connectivity index (χ3n) is 7.88. The number of para-hydroxylation sites is 1. The number of nitrogens with one attached hydrogen (secondary N) is 1. The first-order valence-corrected chi connectivity index (χ1v) is 11.7. The van der Waals surface area contributed by atoms with Gasteiger partial charge in [-0.1, -0.05) is 24.3 Å². The van der Waals surface area contributed by atoms with E-state index in [4.69, 9.17) is 9.47 Å². The van der Waals surface area contributed by atoms with Crippen LogP contribution in [0.3, 0.4) is 0 Å². The van der Waals surface area contributed by atoms with E-state index in [2.05, 4.69) is 33.0 Å². The fourth-order valence-electron chi connectivity index (χ4n) is 6.11. The number of aromatic nitrogens is 4. The van der Waals surface area contributed by atoms with Crippen molar-refractivity contribution in [3.63, 3.8) is 0 Å². The summed E-state index contributed by atoms with van der Waals surface area (Å²) >= 11 is 0. The Bertz CT molecular complexity index is 1270. The van der Waals surface area contributed by atoms with E-state index in [1.165, 1.54) is 25.6 Å². The van der Waals surface area contributed by atoms with Crippen LogP contribution in [0.5, 0.6) is 11.5 Å². The van der Waals surface area contributed by atoms with Crippen molar-refractivity contribution < 1.29 is 14.3 Å². The molecule has 1 amide bonds. The maximum atomic E-state index is 13.3. The van der Waals surface area contributed by atoms with Gasteiger partial charge in [0.2, 0.25) is 0 Å². The number of carbonyl (C=O) groups excluding carboxylic acids is 1. The largest absolute Gasteiger partial charge is 0.493 e. The first-order valence-electron chi connectivity index (χ1n) is 11.7. The van der Waals surface area contributed by atoms with Crippen molar-refractivity contribution in [1.29, 1.82) is 0 Å². The standard InChI is InChI=1S/C26H27N5O3/c1-33-23-5-3-4-21(24(23)34-2)16-10-17(13-20(12-16)31-15-28-29-30-31)25(32)27-14-18-11-19-6-7-22(18)26(19)8-9-26/h3-7,10,12-13,15,18-19,22H,8-9,11,14H2,1-2H3,(H,27,32)/t18-,19-,22+/m1/s1. The summed E-state index contributed by atoms with van der Waals surface area (Å²) in [5.74, 6) is 2.96. The topological polar surface area (TPSA) is 91.2 Å². The predicted molar refractivity (Wildman–Crippen MR) is 126 cm³/mol. The quantitative estimate of drug-likeness (QED) is 0.545. The molecular formula is C26H27N5O3. The molecule has 2 saturated carbocycles. The van der Waals surface area contributed by atoms with Crippen molar-refractivity contribution in [2.24, 2.45) is 23.2 Å². The van der Waals surface area contributed by atoms with Crippen LogP contribution in [0.1, 0.15) is 29.6 Å². The number of ether oxygens (including phenoxy) is 2. The number of carbonyl (C=O) groups is 1. The first-order chi connectivity index (χ1) is 16.6. The SMILES string of the molecule is COc1cccc(-c2cc(C(=O)NC[C@H]3C[C@H]4C=C[C@@H]3C43CC3)cc(-n3cnnn3)c2)c1OC. The number of allylic oxidation sites excluding steroid dienone is 2. The van der Waals surface area contributed by atoms with Gasteiger partial charge in [0.25, 0.3) is 5.91 Å². The van der Waals surface area contributed by atoms with Gasteiger partial charge in [-0.05, 0) is 82.7 Å². The smallest absolute Gasteiger partial charge is 0.251 e. The average Bonchev–Trinajstić information content (AvgIpc) is 3.21. The second kappa shape index (κ2) is 7.97. The zero-order valence-corrected chi connectivity index (χ0v) is 19.3. The second-order valence-corrected chi connectivity index (χ2v) is 9.52. The summed E-state index contributed by atoms with van der Waals surface area (Å²) in [5.41, 5.74) is 3.39. The molecule has 2 fully saturated rings. The van der Waals surface area contributed by atoms with Crippen molar-refractivity contribution in [2.75, 3.05) is 20.8 Å². The molecule has 6 rings (SSSR count). The lowest BCUT2D eigenvalue weighted by Gasteiger charge is -2.20. The summed E-state index contributed by atoms with van der Waals surface area (Å²) in [6.07, 6.45) is 10.2. The number of rotatable bonds is 7. The maximum Gasteiger partial charge on any atom is 0.251 e.